The van der Waals surface area contributed by atoms with E-state index >= 15 is 0 Å². The standard InChI is InChI=1S/C27H29NO8/c1-14-17-9-10-18-25-12-4-11-24(2,3)19(25)21(30)27(32,35-13-25)26(18,20(14)29)22(17)36-23(31)15-5-7-16(8-6-15)28(33)34/h4-8,12,17-19,21-22,30,32H,1,9-11,13H2,2-3H3/t17-,18-,19+,21-,22+,25+,26-,27-/m0/s1. The number of fused-ring (bicyclic) bond motifs is 2. The number of ether oxygens (including phenoxy) is 2. The van der Waals surface area contributed by atoms with Crippen LogP contribution >= 0.6 is 0 Å². The number of ketones is 1. The van der Waals surface area contributed by atoms with Gasteiger partial charge in [0.25, 0.3) is 5.69 Å². The third-order valence-corrected chi connectivity index (χ3v) is 9.79. The molecule has 2 spiro atoms. The number of nitrogens with zero attached hydrogens (tertiary/aromatic N) is 1. The van der Waals surface area contributed by atoms with Gasteiger partial charge in [-0.15, -0.1) is 0 Å². The van der Waals surface area contributed by atoms with E-state index in [1.165, 1.54) is 24.3 Å². The Hall–Kier alpha value is -2.88. The average molecular weight is 496 g/mol. The number of Topliss-reactive ketones (excluding diaryl/α,β-unsaturated/α-hetero) is 1. The first kappa shape index (κ1) is 23.5. The van der Waals surface area contributed by atoms with E-state index < -0.39 is 57.3 Å². The van der Waals surface area contributed by atoms with E-state index in [1.54, 1.807) is 0 Å². The van der Waals surface area contributed by atoms with Gasteiger partial charge in [-0.1, -0.05) is 32.6 Å². The molecule has 9 nitrogen and oxygen atoms in total. The number of carbonyl (C=O) groups is 2. The minimum atomic E-state index is -2.25. The number of aliphatic hydroxyl groups is 2. The number of nitro benzene ring substituents is 1. The van der Waals surface area contributed by atoms with Gasteiger partial charge in [0.05, 0.1) is 17.1 Å². The molecular formula is C27H29NO8. The van der Waals surface area contributed by atoms with Gasteiger partial charge in [-0.2, -0.15) is 0 Å². The molecule has 3 saturated carbocycles. The second-order valence-electron chi connectivity index (χ2n) is 11.7. The lowest BCUT2D eigenvalue weighted by Crippen LogP contribution is -2.83. The van der Waals surface area contributed by atoms with Crippen molar-refractivity contribution < 1.29 is 34.2 Å². The van der Waals surface area contributed by atoms with Crippen LogP contribution in [0.15, 0.2) is 48.6 Å². The number of nitro groups is 1. The lowest BCUT2D eigenvalue weighted by molar-refractivity contribution is -0.436. The van der Waals surface area contributed by atoms with Gasteiger partial charge in [-0.25, -0.2) is 4.79 Å². The molecule has 1 aromatic rings. The zero-order valence-corrected chi connectivity index (χ0v) is 20.2. The third-order valence-electron chi connectivity index (χ3n) is 9.79. The first-order valence-electron chi connectivity index (χ1n) is 12.3. The lowest BCUT2D eigenvalue weighted by Gasteiger charge is -2.72. The summed E-state index contributed by atoms with van der Waals surface area (Å²) in [7, 11) is 0. The van der Waals surface area contributed by atoms with E-state index in [1.807, 2.05) is 6.08 Å². The fourth-order valence-electron chi connectivity index (χ4n) is 8.45. The fourth-order valence-corrected chi connectivity index (χ4v) is 8.45. The highest BCUT2D eigenvalue weighted by Gasteiger charge is 2.86. The van der Waals surface area contributed by atoms with Gasteiger partial charge in [-0.3, -0.25) is 14.9 Å². The van der Waals surface area contributed by atoms with Crippen LogP contribution in [0.1, 0.15) is 43.5 Å². The SMILES string of the molecule is C=C1C(=O)[C@]23[C@H](OC(=O)c4ccc([N+](=O)[O-])cc4)[C@H]1CC[C@H]2[C@]12C=CCC(C)(C)[C@H]1[C@H](O)[C@]3(O)OC2. The predicted octanol–water partition coefficient (Wildman–Crippen LogP) is 2.95. The van der Waals surface area contributed by atoms with Crippen LogP contribution in [0.25, 0.3) is 0 Å². The monoisotopic (exact) mass is 495 g/mol. The first-order chi connectivity index (χ1) is 16.9. The van der Waals surface area contributed by atoms with Gasteiger partial charge in [-0.05, 0) is 48.3 Å². The molecule has 0 unspecified atom stereocenters. The molecule has 2 heterocycles. The van der Waals surface area contributed by atoms with Crippen molar-refractivity contribution in [1.29, 1.82) is 0 Å². The summed E-state index contributed by atoms with van der Waals surface area (Å²) in [5, 5.41) is 34.8. The molecule has 4 aliphatic carbocycles. The third kappa shape index (κ3) is 2.51. The van der Waals surface area contributed by atoms with Gasteiger partial charge in [0.15, 0.2) is 5.78 Å². The van der Waals surface area contributed by atoms with E-state index in [2.05, 4.69) is 26.5 Å². The summed E-state index contributed by atoms with van der Waals surface area (Å²) in [6.07, 6.45) is 3.50. The second kappa shape index (κ2) is 7.12. The smallest absolute Gasteiger partial charge is 0.338 e. The summed E-state index contributed by atoms with van der Waals surface area (Å²) in [4.78, 5) is 37.7. The summed E-state index contributed by atoms with van der Waals surface area (Å²) in [6, 6.07) is 5.01. The first-order valence-corrected chi connectivity index (χ1v) is 12.3. The molecule has 9 heteroatoms. The quantitative estimate of drug-likeness (QED) is 0.215. The molecule has 4 bridgehead atoms. The van der Waals surface area contributed by atoms with Gasteiger partial charge in [0, 0.05) is 29.4 Å². The highest BCUT2D eigenvalue weighted by molar-refractivity contribution is 6.05. The van der Waals surface area contributed by atoms with Crippen LogP contribution in [0.4, 0.5) is 5.69 Å². The van der Waals surface area contributed by atoms with Gasteiger partial charge in [0.1, 0.15) is 17.6 Å². The Balaban J connectivity index is 1.47. The summed E-state index contributed by atoms with van der Waals surface area (Å²) in [5.41, 5.74) is -2.58. The van der Waals surface area contributed by atoms with Crippen molar-refractivity contribution in [3.63, 3.8) is 0 Å². The van der Waals surface area contributed by atoms with E-state index in [9.17, 15) is 29.9 Å². The Morgan fingerprint density at radius 1 is 1.25 bits per heavy atom. The molecule has 190 valence electrons. The average Bonchev–Trinajstić information content (AvgIpc) is 2.94. The second-order valence-corrected chi connectivity index (χ2v) is 11.7. The Labute approximate surface area is 207 Å². The molecule has 2 aliphatic heterocycles. The maximum atomic E-state index is 14.0. The molecule has 7 rings (SSSR count). The number of carbonyl (C=O) groups excluding carboxylic acids is 2. The number of rotatable bonds is 3. The van der Waals surface area contributed by atoms with Crippen molar-refractivity contribution in [3.05, 3.63) is 64.2 Å². The number of esters is 1. The number of hydrogen-bond acceptors (Lipinski definition) is 8. The molecule has 0 amide bonds. The number of aliphatic hydroxyl groups excluding tert-OH is 1. The van der Waals surface area contributed by atoms with Crippen molar-refractivity contribution in [2.24, 2.45) is 34.0 Å². The van der Waals surface area contributed by atoms with Gasteiger partial charge < -0.3 is 19.7 Å². The molecule has 2 saturated heterocycles. The number of non-ortho nitro benzene ring substituents is 1. The molecule has 8 atom stereocenters. The Morgan fingerprint density at radius 3 is 2.61 bits per heavy atom. The molecule has 1 aromatic carbocycles. The van der Waals surface area contributed by atoms with Crippen molar-refractivity contribution in [3.8, 4) is 0 Å². The topological polar surface area (TPSA) is 136 Å². The van der Waals surface area contributed by atoms with E-state index in [0.717, 1.165) is 0 Å². The Bertz CT molecular complexity index is 1240. The maximum absolute atomic E-state index is 14.0. The molecular weight excluding hydrogens is 466 g/mol. The largest absolute Gasteiger partial charge is 0.457 e. The van der Waals surface area contributed by atoms with Gasteiger partial charge in [0.2, 0.25) is 5.79 Å². The number of allylic oxidation sites excluding steroid dienone is 1. The van der Waals surface area contributed by atoms with Crippen molar-refractivity contribution in [1.82, 2.24) is 0 Å². The van der Waals surface area contributed by atoms with Crippen LogP contribution in [-0.4, -0.2) is 51.5 Å². The minimum absolute atomic E-state index is 0.0840. The Kier molecular flexibility index (Phi) is 4.65. The summed E-state index contributed by atoms with van der Waals surface area (Å²) < 4.78 is 12.0. The van der Waals surface area contributed by atoms with E-state index in [-0.39, 0.29) is 34.8 Å². The van der Waals surface area contributed by atoms with Crippen LogP contribution in [0.3, 0.4) is 0 Å². The maximum Gasteiger partial charge on any atom is 0.338 e. The highest BCUT2D eigenvalue weighted by Crippen LogP contribution is 2.75. The fraction of sp³-hybridized carbons (Fsp3) is 0.556. The van der Waals surface area contributed by atoms with Crippen LogP contribution in [-0.2, 0) is 14.3 Å². The zero-order valence-electron chi connectivity index (χ0n) is 20.2. The number of hydrogen-bond donors (Lipinski definition) is 2. The molecule has 0 aromatic heterocycles. The van der Waals surface area contributed by atoms with Crippen LogP contribution in [0.2, 0.25) is 0 Å². The summed E-state index contributed by atoms with van der Waals surface area (Å²) in [5.74, 6) is -4.74. The van der Waals surface area contributed by atoms with E-state index in [4.69, 9.17) is 9.47 Å². The van der Waals surface area contributed by atoms with Crippen molar-refractivity contribution >= 4 is 17.4 Å². The molecule has 2 N–H and O–H groups in total. The normalized spacial score (nSPS) is 43.6. The van der Waals surface area contributed by atoms with Gasteiger partial charge >= 0.3 is 5.97 Å². The Morgan fingerprint density at radius 2 is 1.94 bits per heavy atom. The van der Waals surface area contributed by atoms with Crippen LogP contribution in [0.5, 0.6) is 0 Å². The summed E-state index contributed by atoms with van der Waals surface area (Å²) >= 11 is 0. The van der Waals surface area contributed by atoms with Crippen molar-refractivity contribution in [2.75, 3.05) is 6.61 Å². The zero-order chi connectivity index (χ0) is 25.8. The van der Waals surface area contributed by atoms with E-state index in [0.29, 0.717) is 19.3 Å². The predicted molar refractivity (Wildman–Crippen MR) is 125 cm³/mol. The highest BCUT2D eigenvalue weighted by atomic mass is 16.7. The molecule has 5 fully saturated rings. The summed E-state index contributed by atoms with van der Waals surface area (Å²) in [6.45, 7) is 8.27. The molecule has 6 aliphatic rings. The minimum Gasteiger partial charge on any atom is -0.457 e. The van der Waals surface area contributed by atoms with Crippen LogP contribution in [0, 0.1) is 44.1 Å². The van der Waals surface area contributed by atoms with Crippen molar-refractivity contribution in [2.45, 2.75) is 51.1 Å². The molecule has 0 radical (unpaired) electrons. The number of benzene rings is 1. The molecule has 36 heavy (non-hydrogen) atoms. The van der Waals surface area contributed by atoms with Crippen LogP contribution < -0.4 is 0 Å². The lowest BCUT2D eigenvalue weighted by atomic mass is 9.37.